The molecule has 0 aromatic heterocycles. The molecule has 0 aliphatic heterocycles. The molecular weight excluding hydrogens is 913 g/mol. The second-order valence-corrected chi connectivity index (χ2v) is 23.5. The van der Waals surface area contributed by atoms with Crippen molar-refractivity contribution in [3.05, 3.63) is 0 Å². The zero-order valence-corrected chi connectivity index (χ0v) is 51.0. The van der Waals surface area contributed by atoms with E-state index in [9.17, 15) is 14.4 Å². The Morgan fingerprint density at radius 3 is 0.716 bits per heavy atom. The number of hydrogen-bond donors (Lipinski definition) is 0. The molecule has 0 saturated heterocycles. The van der Waals surface area contributed by atoms with E-state index < -0.39 is 24.0 Å². The molecule has 3 atom stereocenters. The van der Waals surface area contributed by atoms with Gasteiger partial charge in [-0.05, 0) is 57.8 Å². The second kappa shape index (κ2) is 60.6. The van der Waals surface area contributed by atoms with Gasteiger partial charge in [0.15, 0.2) is 0 Å². The van der Waals surface area contributed by atoms with Crippen LogP contribution in [0.25, 0.3) is 0 Å². The smallest absolute Gasteiger partial charge is 0.348 e. The monoisotopic (exact) mass is 1050 g/mol. The van der Waals surface area contributed by atoms with Gasteiger partial charge in [0.05, 0.1) is 6.42 Å². The molecular formula is C68H132O6. The fourth-order valence-electron chi connectivity index (χ4n) is 10.9. The number of esters is 3. The van der Waals surface area contributed by atoms with Crippen molar-refractivity contribution in [2.24, 2.45) is 0 Å². The summed E-state index contributed by atoms with van der Waals surface area (Å²) in [7, 11) is 0. The van der Waals surface area contributed by atoms with Crippen LogP contribution in [-0.4, -0.2) is 36.2 Å². The molecule has 0 radical (unpaired) electrons. The van der Waals surface area contributed by atoms with Crippen molar-refractivity contribution < 1.29 is 28.6 Å². The van der Waals surface area contributed by atoms with Crippen LogP contribution >= 0.6 is 0 Å². The van der Waals surface area contributed by atoms with E-state index in [1.807, 2.05) is 0 Å². The lowest BCUT2D eigenvalue weighted by molar-refractivity contribution is -0.176. The fraction of sp³-hybridized carbons (Fsp3) is 0.956. The fourth-order valence-corrected chi connectivity index (χ4v) is 10.9. The number of hydrogen-bond acceptors (Lipinski definition) is 6. The third-order valence-electron chi connectivity index (χ3n) is 16.0. The Morgan fingerprint density at radius 1 is 0.243 bits per heavy atom. The molecule has 74 heavy (non-hydrogen) atoms. The van der Waals surface area contributed by atoms with Gasteiger partial charge in [0.2, 0.25) is 6.10 Å². The topological polar surface area (TPSA) is 78.9 Å². The molecule has 0 fully saturated rings. The summed E-state index contributed by atoms with van der Waals surface area (Å²) >= 11 is 0. The van der Waals surface area contributed by atoms with Crippen molar-refractivity contribution in [1.82, 2.24) is 0 Å². The highest BCUT2D eigenvalue weighted by atomic mass is 16.6. The number of carbonyl (C=O) groups excluding carboxylic acids is 3. The highest BCUT2D eigenvalue weighted by molar-refractivity contribution is 5.84. The maximum atomic E-state index is 14.2. The lowest BCUT2D eigenvalue weighted by atomic mass is 10.0. The Morgan fingerprint density at radius 2 is 0.459 bits per heavy atom. The van der Waals surface area contributed by atoms with Gasteiger partial charge in [-0.15, -0.1) is 0 Å². The first-order valence-corrected chi connectivity index (χ1v) is 34.0. The Kier molecular flexibility index (Phi) is 59.3. The van der Waals surface area contributed by atoms with Crippen LogP contribution in [0.5, 0.6) is 0 Å². The molecule has 0 N–H and O–H groups in total. The first-order valence-electron chi connectivity index (χ1n) is 34.0. The molecule has 440 valence electrons. The average molecular weight is 1050 g/mol. The first kappa shape index (κ1) is 72.4. The number of ether oxygens (including phenoxy) is 3. The van der Waals surface area contributed by atoms with Crippen molar-refractivity contribution >= 4 is 17.9 Å². The van der Waals surface area contributed by atoms with Gasteiger partial charge in [0, 0.05) is 6.42 Å². The molecule has 0 aliphatic rings. The van der Waals surface area contributed by atoms with Crippen molar-refractivity contribution in [2.45, 2.75) is 419 Å². The van der Waals surface area contributed by atoms with Gasteiger partial charge in [-0.3, -0.25) is 9.59 Å². The van der Waals surface area contributed by atoms with E-state index in [2.05, 4.69) is 34.6 Å². The van der Waals surface area contributed by atoms with Gasteiger partial charge in [-0.2, -0.15) is 0 Å². The molecule has 0 saturated carbocycles. The van der Waals surface area contributed by atoms with Gasteiger partial charge in [0.1, 0.15) is 12.2 Å². The second-order valence-electron chi connectivity index (χ2n) is 23.5. The van der Waals surface area contributed by atoms with Gasteiger partial charge >= 0.3 is 17.9 Å². The lowest BCUT2D eigenvalue weighted by Crippen LogP contribution is -2.35. The van der Waals surface area contributed by atoms with Crippen LogP contribution in [0, 0.1) is 0 Å². The van der Waals surface area contributed by atoms with E-state index in [1.165, 1.54) is 244 Å². The lowest BCUT2D eigenvalue weighted by Gasteiger charge is -2.23. The van der Waals surface area contributed by atoms with Crippen LogP contribution in [0.4, 0.5) is 0 Å². The molecule has 6 nitrogen and oxygen atoms in total. The molecule has 0 heterocycles. The third-order valence-corrected chi connectivity index (χ3v) is 16.0. The Hall–Kier alpha value is -1.59. The zero-order valence-electron chi connectivity index (χ0n) is 51.0. The SMILES string of the molecule is CCCCCCCCCCCCCCCCC(CCCCCCCCCCC)OC(=O)CC(OC(=O)CCCCCCC)C(=O)OC(CCCCCCCCCCC)CCCCCCCCCCCCCCCC. The van der Waals surface area contributed by atoms with Gasteiger partial charge in [0.25, 0.3) is 0 Å². The van der Waals surface area contributed by atoms with E-state index in [1.54, 1.807) is 0 Å². The van der Waals surface area contributed by atoms with Crippen molar-refractivity contribution in [2.75, 3.05) is 0 Å². The maximum absolute atomic E-state index is 14.2. The van der Waals surface area contributed by atoms with E-state index in [4.69, 9.17) is 14.2 Å². The summed E-state index contributed by atoms with van der Waals surface area (Å²) in [4.78, 5) is 41.5. The normalized spacial score (nSPS) is 12.8. The van der Waals surface area contributed by atoms with Crippen molar-refractivity contribution in [3.8, 4) is 0 Å². The van der Waals surface area contributed by atoms with Crippen LogP contribution in [-0.2, 0) is 28.6 Å². The van der Waals surface area contributed by atoms with Gasteiger partial charge < -0.3 is 14.2 Å². The predicted octanol–water partition coefficient (Wildman–Crippen LogP) is 23.1. The summed E-state index contributed by atoms with van der Waals surface area (Å²) in [6.07, 6.45) is 66.1. The van der Waals surface area contributed by atoms with Gasteiger partial charge in [-0.1, -0.05) is 330 Å². The molecule has 6 heteroatoms. The summed E-state index contributed by atoms with van der Waals surface area (Å²) < 4.78 is 18.5. The molecule has 0 aromatic rings. The number of rotatable bonds is 62. The quantitative estimate of drug-likeness (QED) is 0.0343. The predicted molar refractivity (Wildman–Crippen MR) is 321 cm³/mol. The van der Waals surface area contributed by atoms with Crippen LogP contribution in [0.15, 0.2) is 0 Å². The average Bonchev–Trinajstić information content (AvgIpc) is 3.39. The highest BCUT2D eigenvalue weighted by Crippen LogP contribution is 2.23. The minimum atomic E-state index is -1.26. The van der Waals surface area contributed by atoms with Gasteiger partial charge in [-0.25, -0.2) is 4.79 Å². The molecule has 0 rings (SSSR count). The maximum Gasteiger partial charge on any atom is 0.348 e. The third kappa shape index (κ3) is 53.8. The summed E-state index contributed by atoms with van der Waals surface area (Å²) in [5.74, 6) is -1.40. The Bertz CT molecular complexity index is 1140. The molecule has 0 spiro atoms. The summed E-state index contributed by atoms with van der Waals surface area (Å²) in [5.41, 5.74) is 0. The van der Waals surface area contributed by atoms with E-state index in [-0.39, 0.29) is 25.0 Å². The molecule has 0 aromatic carbocycles. The highest BCUT2D eigenvalue weighted by Gasteiger charge is 2.31. The van der Waals surface area contributed by atoms with Crippen LogP contribution in [0.2, 0.25) is 0 Å². The van der Waals surface area contributed by atoms with E-state index in [0.717, 1.165) is 109 Å². The van der Waals surface area contributed by atoms with Crippen LogP contribution < -0.4 is 0 Å². The van der Waals surface area contributed by atoms with E-state index in [0.29, 0.717) is 0 Å². The van der Waals surface area contributed by atoms with Crippen molar-refractivity contribution in [3.63, 3.8) is 0 Å². The minimum absolute atomic E-state index is 0.171. The molecule has 0 amide bonds. The summed E-state index contributed by atoms with van der Waals surface area (Å²) in [6.45, 7) is 11.3. The summed E-state index contributed by atoms with van der Waals surface area (Å²) in [6, 6.07) is 0. The molecule has 0 aliphatic carbocycles. The number of carbonyl (C=O) groups is 3. The zero-order chi connectivity index (χ0) is 53.9. The molecule has 0 bridgehead atoms. The first-order chi connectivity index (χ1) is 36.4. The van der Waals surface area contributed by atoms with E-state index >= 15 is 0 Å². The Balaban J connectivity index is 5.59. The van der Waals surface area contributed by atoms with Crippen molar-refractivity contribution in [1.29, 1.82) is 0 Å². The summed E-state index contributed by atoms with van der Waals surface area (Å²) in [5, 5.41) is 0. The Labute approximate surface area is 463 Å². The molecule has 3 unspecified atom stereocenters. The van der Waals surface area contributed by atoms with Crippen LogP contribution in [0.3, 0.4) is 0 Å². The van der Waals surface area contributed by atoms with Crippen LogP contribution in [0.1, 0.15) is 401 Å². The minimum Gasteiger partial charge on any atom is -0.462 e. The largest absolute Gasteiger partial charge is 0.462 e. The number of unbranched alkanes of at least 4 members (excludes halogenated alkanes) is 46. The standard InChI is InChI=1S/C68H132O6/c1-6-11-16-21-25-29-31-33-35-37-41-45-49-53-58-63(57-52-48-43-39-27-23-18-13-8-3)72-67(70)62-65(74-66(69)61-56-47-20-15-10-5)68(71)73-64(59-54-50-44-40-28-24-19-14-9-4)60-55-51-46-42-38-36-34-32-30-26-22-17-12-7-2/h63-65H,6-62H2,1-5H3.